The Morgan fingerprint density at radius 1 is 0.529 bits per heavy atom. The number of allylic oxidation sites excluding steroid dienone is 4. The van der Waals surface area contributed by atoms with Gasteiger partial charge in [0.1, 0.15) is 0 Å². The van der Waals surface area contributed by atoms with Crippen molar-refractivity contribution in [2.75, 3.05) is 0 Å². The summed E-state index contributed by atoms with van der Waals surface area (Å²) in [5, 5.41) is 2.48. The zero-order valence-corrected chi connectivity index (χ0v) is 28.3. The molecule has 0 fully saturated rings. The van der Waals surface area contributed by atoms with Gasteiger partial charge in [0.2, 0.25) is 0 Å². The molecule has 4 nitrogen and oxygen atoms in total. The lowest BCUT2D eigenvalue weighted by molar-refractivity contribution is 0.714. The highest BCUT2D eigenvalue weighted by molar-refractivity contribution is 6.11. The molecule has 0 aliphatic heterocycles. The smallest absolute Gasteiger partial charge is 0.164 e. The fourth-order valence-electron chi connectivity index (χ4n) is 8.23. The molecule has 2 aromatic heterocycles. The summed E-state index contributed by atoms with van der Waals surface area (Å²) in [4.78, 5) is 15.1. The quantitative estimate of drug-likeness (QED) is 0.185. The summed E-state index contributed by atoms with van der Waals surface area (Å²) in [6.07, 6.45) is 8.57. The second-order valence-electron chi connectivity index (χ2n) is 13.7. The highest BCUT2D eigenvalue weighted by atomic mass is 15.0. The minimum absolute atomic E-state index is 0.290. The zero-order valence-electron chi connectivity index (χ0n) is 28.3. The standard InChI is InChI=1S/C47H34N4/c1-47(34-21-9-4-10-22-34)40-26-13-11-24-36(40)38-29-39-37-25-12-14-27-42(37)51(43(39)30-41(38)47)35-23-15-20-33(28-35)46-49-44(31-16-5-2-6-17-31)48-45(50-46)32-18-7-3-8-19-32/h2,4-7,9-30H,3,8H2,1H3. The Bertz CT molecular complexity index is 2700. The number of benzene rings is 6. The molecular formula is C47H34N4. The van der Waals surface area contributed by atoms with E-state index in [4.69, 9.17) is 15.0 Å². The van der Waals surface area contributed by atoms with Gasteiger partial charge in [-0.3, -0.25) is 0 Å². The molecule has 242 valence electrons. The van der Waals surface area contributed by atoms with Crippen LogP contribution < -0.4 is 0 Å². The van der Waals surface area contributed by atoms with Gasteiger partial charge in [-0.25, -0.2) is 15.0 Å². The van der Waals surface area contributed by atoms with E-state index in [0.717, 1.165) is 35.2 Å². The Morgan fingerprint density at radius 2 is 1.24 bits per heavy atom. The Balaban J connectivity index is 1.19. The van der Waals surface area contributed by atoms with Crippen LogP contribution in [-0.2, 0) is 5.41 Å². The molecule has 0 radical (unpaired) electrons. The number of rotatable bonds is 5. The maximum Gasteiger partial charge on any atom is 0.164 e. The largest absolute Gasteiger partial charge is 0.309 e. The molecule has 2 heterocycles. The molecule has 0 amide bonds. The first kappa shape index (κ1) is 29.5. The van der Waals surface area contributed by atoms with E-state index in [2.05, 4.69) is 157 Å². The molecule has 10 rings (SSSR count). The third-order valence-electron chi connectivity index (χ3n) is 10.7. The van der Waals surface area contributed by atoms with Gasteiger partial charge in [-0.05, 0) is 77.9 Å². The number of aromatic nitrogens is 4. The van der Waals surface area contributed by atoms with Crippen molar-refractivity contribution in [3.8, 4) is 39.6 Å². The monoisotopic (exact) mass is 654 g/mol. The van der Waals surface area contributed by atoms with E-state index in [1.807, 2.05) is 18.2 Å². The van der Waals surface area contributed by atoms with Crippen molar-refractivity contribution in [1.82, 2.24) is 19.5 Å². The Morgan fingerprint density at radius 3 is 2.06 bits per heavy atom. The first-order valence-electron chi connectivity index (χ1n) is 17.7. The van der Waals surface area contributed by atoms with E-state index in [0.29, 0.717) is 17.5 Å². The zero-order chi connectivity index (χ0) is 33.9. The minimum Gasteiger partial charge on any atom is -0.309 e. The molecule has 0 bridgehead atoms. The van der Waals surface area contributed by atoms with Crippen LogP contribution in [0.25, 0.3) is 67.0 Å². The van der Waals surface area contributed by atoms with Gasteiger partial charge in [0.05, 0.1) is 11.0 Å². The van der Waals surface area contributed by atoms with Gasteiger partial charge in [0, 0.05) is 38.6 Å². The number of para-hydroxylation sites is 1. The van der Waals surface area contributed by atoms with E-state index < -0.39 is 0 Å². The normalized spacial score (nSPS) is 16.3. The lowest BCUT2D eigenvalue weighted by Gasteiger charge is -2.28. The second-order valence-corrected chi connectivity index (χ2v) is 13.7. The van der Waals surface area contributed by atoms with E-state index in [1.165, 1.54) is 49.6 Å². The van der Waals surface area contributed by atoms with Crippen LogP contribution in [0.4, 0.5) is 0 Å². The molecule has 0 spiro atoms. The summed E-state index contributed by atoms with van der Waals surface area (Å²) < 4.78 is 2.41. The second kappa shape index (κ2) is 11.6. The van der Waals surface area contributed by atoms with E-state index in [9.17, 15) is 0 Å². The van der Waals surface area contributed by atoms with Gasteiger partial charge < -0.3 is 4.57 Å². The minimum atomic E-state index is -0.290. The Kier molecular flexibility index (Phi) is 6.72. The first-order chi connectivity index (χ1) is 25.2. The van der Waals surface area contributed by atoms with Gasteiger partial charge in [0.25, 0.3) is 0 Å². The maximum atomic E-state index is 5.07. The van der Waals surface area contributed by atoms with E-state index >= 15 is 0 Å². The Labute approximate surface area is 297 Å². The number of hydrogen-bond donors (Lipinski definition) is 0. The van der Waals surface area contributed by atoms with Gasteiger partial charge in [-0.2, -0.15) is 0 Å². The summed E-state index contributed by atoms with van der Waals surface area (Å²) in [7, 11) is 0. The summed E-state index contributed by atoms with van der Waals surface area (Å²) >= 11 is 0. The van der Waals surface area contributed by atoms with Crippen molar-refractivity contribution in [3.63, 3.8) is 0 Å². The molecule has 2 aliphatic carbocycles. The van der Waals surface area contributed by atoms with Crippen LogP contribution in [0.2, 0.25) is 0 Å². The predicted molar refractivity (Wildman–Crippen MR) is 209 cm³/mol. The first-order valence-corrected chi connectivity index (χ1v) is 17.7. The molecule has 4 heteroatoms. The highest BCUT2D eigenvalue weighted by Gasteiger charge is 2.41. The third-order valence-corrected chi connectivity index (χ3v) is 10.7. The van der Waals surface area contributed by atoms with Crippen LogP contribution >= 0.6 is 0 Å². The summed E-state index contributed by atoms with van der Waals surface area (Å²) in [6, 6.07) is 52.3. The van der Waals surface area contributed by atoms with Gasteiger partial charge in [-0.15, -0.1) is 0 Å². The summed E-state index contributed by atoms with van der Waals surface area (Å²) in [5.41, 5.74) is 12.7. The number of hydrogen-bond acceptors (Lipinski definition) is 3. The van der Waals surface area contributed by atoms with Crippen molar-refractivity contribution in [2.24, 2.45) is 0 Å². The van der Waals surface area contributed by atoms with Crippen LogP contribution in [0.1, 0.15) is 42.3 Å². The predicted octanol–water partition coefficient (Wildman–Crippen LogP) is 11.4. The highest BCUT2D eigenvalue weighted by Crippen LogP contribution is 2.54. The van der Waals surface area contributed by atoms with E-state index in [-0.39, 0.29) is 5.41 Å². The number of fused-ring (bicyclic) bond motifs is 6. The van der Waals surface area contributed by atoms with Gasteiger partial charge in [0.15, 0.2) is 17.5 Å². The van der Waals surface area contributed by atoms with Gasteiger partial charge >= 0.3 is 0 Å². The molecule has 0 saturated heterocycles. The van der Waals surface area contributed by atoms with Crippen LogP contribution in [0.5, 0.6) is 0 Å². The molecule has 51 heavy (non-hydrogen) atoms. The van der Waals surface area contributed by atoms with Crippen molar-refractivity contribution < 1.29 is 0 Å². The Hall–Kier alpha value is -6.39. The lowest BCUT2D eigenvalue weighted by atomic mass is 9.74. The van der Waals surface area contributed by atoms with E-state index in [1.54, 1.807) is 0 Å². The molecule has 6 aromatic carbocycles. The average Bonchev–Trinajstić information content (AvgIpc) is 3.67. The SMILES string of the molecule is CC1(c2ccccc2)c2ccccc2-c2cc3c4ccccc4n(-c4cccc(-c5nc(C6=CCCC=C6)nc(-c6ccccc6)n5)c4)c3cc21. The van der Waals surface area contributed by atoms with Crippen molar-refractivity contribution in [2.45, 2.75) is 25.2 Å². The van der Waals surface area contributed by atoms with Gasteiger partial charge in [-0.1, -0.05) is 133 Å². The average molecular weight is 655 g/mol. The molecule has 2 aliphatic rings. The molecule has 1 unspecified atom stereocenters. The van der Waals surface area contributed by atoms with Crippen LogP contribution in [0, 0.1) is 0 Å². The third kappa shape index (κ3) is 4.64. The van der Waals surface area contributed by atoms with Crippen LogP contribution in [0.15, 0.2) is 164 Å². The number of nitrogens with zero attached hydrogens (tertiary/aromatic N) is 4. The molecule has 8 aromatic rings. The molecule has 0 saturated carbocycles. The molecular weight excluding hydrogens is 621 g/mol. The lowest BCUT2D eigenvalue weighted by Crippen LogP contribution is -2.22. The van der Waals surface area contributed by atoms with Crippen molar-refractivity contribution in [1.29, 1.82) is 0 Å². The van der Waals surface area contributed by atoms with Crippen LogP contribution in [0.3, 0.4) is 0 Å². The maximum absolute atomic E-state index is 5.07. The van der Waals surface area contributed by atoms with Crippen LogP contribution in [-0.4, -0.2) is 19.5 Å². The summed E-state index contributed by atoms with van der Waals surface area (Å²) in [5.74, 6) is 2.04. The topological polar surface area (TPSA) is 43.6 Å². The van der Waals surface area contributed by atoms with Crippen molar-refractivity contribution >= 4 is 27.4 Å². The fourth-order valence-corrected chi connectivity index (χ4v) is 8.23. The van der Waals surface area contributed by atoms with Crippen molar-refractivity contribution in [3.05, 3.63) is 186 Å². The molecule has 0 N–H and O–H groups in total. The molecule has 1 atom stereocenters. The summed E-state index contributed by atoms with van der Waals surface area (Å²) in [6.45, 7) is 2.38. The fraction of sp³-hybridized carbons (Fsp3) is 0.0851.